The van der Waals surface area contributed by atoms with Crippen LogP contribution >= 0.6 is 0 Å². The normalized spacial score (nSPS) is 10.7. The van der Waals surface area contributed by atoms with Gasteiger partial charge in [0, 0.05) is 12.7 Å². The molecule has 0 atom stereocenters. The minimum atomic E-state index is 0.500. The molecule has 0 amide bonds. The van der Waals surface area contributed by atoms with Crippen LogP contribution in [0.5, 0.6) is 0 Å². The minimum Gasteiger partial charge on any atom is -0.338 e. The van der Waals surface area contributed by atoms with Crippen LogP contribution in [-0.2, 0) is 7.05 Å². The predicted octanol–water partition coefficient (Wildman–Crippen LogP) is 3.09. The summed E-state index contributed by atoms with van der Waals surface area (Å²) >= 11 is 0. The monoisotopic (exact) mass is 182 g/mol. The lowest BCUT2D eigenvalue weighted by molar-refractivity contribution is 0.469. The summed E-state index contributed by atoms with van der Waals surface area (Å²) in [5.74, 6) is 0. The van der Waals surface area contributed by atoms with Gasteiger partial charge < -0.3 is 4.57 Å². The lowest BCUT2D eigenvalue weighted by Crippen LogP contribution is -1.93. The molecule has 0 N–H and O–H groups in total. The molecule has 1 aromatic heterocycles. The fraction of sp³-hybridized carbons (Fsp3) is 0.727. The van der Waals surface area contributed by atoms with Crippen molar-refractivity contribution < 1.29 is 0 Å². The zero-order chi connectivity index (χ0) is 10.6. The molecule has 0 fully saturated rings. The minimum absolute atomic E-state index is 0.500. The molecule has 1 rings (SSSR count). The van der Waals surface area contributed by atoms with E-state index in [1.807, 2.05) is 24.9 Å². The van der Waals surface area contributed by atoms with Gasteiger partial charge in [-0.05, 0) is 19.3 Å². The van der Waals surface area contributed by atoms with Crippen molar-refractivity contribution in [2.45, 2.75) is 41.5 Å². The van der Waals surface area contributed by atoms with E-state index in [4.69, 9.17) is 0 Å². The van der Waals surface area contributed by atoms with E-state index in [-0.39, 0.29) is 0 Å². The zero-order valence-electron chi connectivity index (χ0n) is 9.97. The van der Waals surface area contributed by atoms with Gasteiger partial charge in [-0.1, -0.05) is 27.7 Å². The molecule has 1 aromatic rings. The van der Waals surface area contributed by atoms with Gasteiger partial charge in [0.25, 0.3) is 0 Å². The van der Waals surface area contributed by atoms with E-state index in [0.29, 0.717) is 5.41 Å². The van der Waals surface area contributed by atoms with Gasteiger partial charge in [0.15, 0.2) is 0 Å². The molecule has 0 saturated heterocycles. The van der Waals surface area contributed by atoms with Gasteiger partial charge in [0.2, 0.25) is 0 Å². The quantitative estimate of drug-likeness (QED) is 0.603. The Morgan fingerprint density at radius 1 is 1.15 bits per heavy atom. The van der Waals surface area contributed by atoms with Crippen molar-refractivity contribution in [1.29, 1.82) is 0 Å². The maximum absolute atomic E-state index is 4.08. The third kappa shape index (κ3) is 6.38. The van der Waals surface area contributed by atoms with Gasteiger partial charge in [-0.15, -0.1) is 0 Å². The second-order valence-corrected chi connectivity index (χ2v) is 5.03. The second kappa shape index (κ2) is 4.45. The smallest absolute Gasteiger partial charge is 0.0948 e. The first kappa shape index (κ1) is 12.2. The molecule has 0 aliphatic rings. The fourth-order valence-electron chi connectivity index (χ4n) is 0.608. The number of rotatable bonds is 0. The summed E-state index contributed by atoms with van der Waals surface area (Å²) in [6.07, 6.45) is 1.82. The van der Waals surface area contributed by atoms with Crippen molar-refractivity contribution in [3.05, 3.63) is 17.7 Å². The summed E-state index contributed by atoms with van der Waals surface area (Å²) < 4.78 is 2.01. The van der Waals surface area contributed by atoms with E-state index in [0.717, 1.165) is 5.69 Å². The SMILES string of the molecule is CC(C)(C)C.Cc1ncn(C)c1C. The summed E-state index contributed by atoms with van der Waals surface area (Å²) in [5.41, 5.74) is 2.86. The average Bonchev–Trinajstić information content (AvgIpc) is 2.16. The molecular weight excluding hydrogens is 160 g/mol. The zero-order valence-corrected chi connectivity index (χ0v) is 9.97. The molecule has 0 aromatic carbocycles. The van der Waals surface area contributed by atoms with Gasteiger partial charge in [0.1, 0.15) is 0 Å². The molecule has 0 spiro atoms. The summed E-state index contributed by atoms with van der Waals surface area (Å²) in [5, 5.41) is 0. The molecule has 0 unspecified atom stereocenters. The van der Waals surface area contributed by atoms with E-state index in [2.05, 4.69) is 39.6 Å². The molecule has 0 radical (unpaired) electrons. The third-order valence-electron chi connectivity index (χ3n) is 1.48. The van der Waals surface area contributed by atoms with Crippen molar-refractivity contribution in [3.63, 3.8) is 0 Å². The van der Waals surface area contributed by atoms with Crippen LogP contribution in [0.1, 0.15) is 39.1 Å². The maximum atomic E-state index is 4.08. The second-order valence-electron chi connectivity index (χ2n) is 5.03. The van der Waals surface area contributed by atoms with Crippen LogP contribution in [0.2, 0.25) is 0 Å². The predicted molar refractivity (Wildman–Crippen MR) is 57.8 cm³/mol. The van der Waals surface area contributed by atoms with Gasteiger partial charge >= 0.3 is 0 Å². The van der Waals surface area contributed by atoms with Gasteiger partial charge in [-0.2, -0.15) is 0 Å². The number of hydrogen-bond acceptors (Lipinski definition) is 1. The Labute approximate surface area is 82.0 Å². The number of aromatic nitrogens is 2. The van der Waals surface area contributed by atoms with E-state index in [1.165, 1.54) is 5.69 Å². The number of imidazole rings is 1. The van der Waals surface area contributed by atoms with E-state index in [1.54, 1.807) is 0 Å². The lowest BCUT2D eigenvalue weighted by Gasteiger charge is -2.05. The Kier molecular flexibility index (Phi) is 4.18. The van der Waals surface area contributed by atoms with E-state index >= 15 is 0 Å². The molecule has 76 valence electrons. The lowest BCUT2D eigenvalue weighted by atomic mass is 10.0. The topological polar surface area (TPSA) is 17.8 Å². The first-order valence-corrected chi connectivity index (χ1v) is 4.66. The Balaban J connectivity index is 0.000000252. The van der Waals surface area contributed by atoms with Crippen molar-refractivity contribution in [3.8, 4) is 0 Å². The molecule has 0 bridgehead atoms. The summed E-state index contributed by atoms with van der Waals surface area (Å²) in [6.45, 7) is 12.8. The van der Waals surface area contributed by atoms with Crippen LogP contribution in [0.4, 0.5) is 0 Å². The highest BCUT2D eigenvalue weighted by Gasteiger charge is 1.95. The Morgan fingerprint density at radius 3 is 1.62 bits per heavy atom. The molecule has 0 saturated carbocycles. The van der Waals surface area contributed by atoms with Crippen LogP contribution in [0.3, 0.4) is 0 Å². The molecule has 0 aliphatic heterocycles. The van der Waals surface area contributed by atoms with Crippen molar-refractivity contribution >= 4 is 0 Å². The first-order valence-electron chi connectivity index (χ1n) is 4.66. The Hall–Kier alpha value is -0.790. The Morgan fingerprint density at radius 2 is 1.54 bits per heavy atom. The van der Waals surface area contributed by atoms with Crippen LogP contribution in [0.15, 0.2) is 6.33 Å². The number of hydrogen-bond donors (Lipinski definition) is 0. The molecule has 13 heavy (non-hydrogen) atoms. The van der Waals surface area contributed by atoms with Gasteiger partial charge in [0.05, 0.1) is 12.0 Å². The maximum Gasteiger partial charge on any atom is 0.0948 e. The average molecular weight is 182 g/mol. The van der Waals surface area contributed by atoms with Gasteiger partial charge in [-0.25, -0.2) is 4.98 Å². The highest BCUT2D eigenvalue weighted by Crippen LogP contribution is 2.08. The first-order chi connectivity index (χ1) is 5.72. The molecule has 0 aliphatic carbocycles. The van der Waals surface area contributed by atoms with E-state index in [9.17, 15) is 0 Å². The molecule has 2 nitrogen and oxygen atoms in total. The number of aryl methyl sites for hydroxylation is 2. The van der Waals surface area contributed by atoms with E-state index < -0.39 is 0 Å². The van der Waals surface area contributed by atoms with Crippen LogP contribution < -0.4 is 0 Å². The fourth-order valence-corrected chi connectivity index (χ4v) is 0.608. The van der Waals surface area contributed by atoms with Crippen molar-refractivity contribution in [1.82, 2.24) is 9.55 Å². The van der Waals surface area contributed by atoms with Crippen LogP contribution in [-0.4, -0.2) is 9.55 Å². The summed E-state index contributed by atoms with van der Waals surface area (Å²) in [6, 6.07) is 0. The highest BCUT2D eigenvalue weighted by molar-refractivity contribution is 5.07. The van der Waals surface area contributed by atoms with Crippen LogP contribution in [0, 0.1) is 19.3 Å². The third-order valence-corrected chi connectivity index (χ3v) is 1.48. The largest absolute Gasteiger partial charge is 0.338 e. The molecular formula is C11H22N2. The van der Waals surface area contributed by atoms with Gasteiger partial charge in [-0.3, -0.25) is 0 Å². The molecule has 2 heteroatoms. The standard InChI is InChI=1S/C6H10N2.C5H12/c1-5-6(2)8(3)4-7-5;1-5(2,3)4/h4H,1-3H3;1-4H3. The highest BCUT2D eigenvalue weighted by atomic mass is 15.0. The Bertz CT molecular complexity index is 228. The number of nitrogens with zero attached hydrogens (tertiary/aromatic N) is 2. The summed E-state index contributed by atoms with van der Waals surface area (Å²) in [7, 11) is 2.00. The summed E-state index contributed by atoms with van der Waals surface area (Å²) in [4.78, 5) is 4.08. The van der Waals surface area contributed by atoms with Crippen molar-refractivity contribution in [2.75, 3.05) is 0 Å². The van der Waals surface area contributed by atoms with Crippen LogP contribution in [0.25, 0.3) is 0 Å². The molecule has 1 heterocycles. The van der Waals surface area contributed by atoms with Crippen molar-refractivity contribution in [2.24, 2.45) is 12.5 Å².